The van der Waals surface area contributed by atoms with Crippen molar-refractivity contribution in [3.05, 3.63) is 6.73 Å². The normalized spacial score (nSPS) is 20.1. The molecule has 0 fully saturated rings. The summed E-state index contributed by atoms with van der Waals surface area (Å²) in [6, 6.07) is 0. The molecule has 1 radical (unpaired) electrons. The number of hydrogen-bond donors (Lipinski definition) is 0. The number of halogens is 3. The standard InChI is InChI=1S/C4H3F3NO/c5-4(6,7)3-1-9-2-8-3/h2H,1H2. The van der Waals surface area contributed by atoms with E-state index in [1.165, 1.54) is 0 Å². The minimum Gasteiger partial charge on any atom is -0.345 e. The van der Waals surface area contributed by atoms with E-state index in [4.69, 9.17) is 0 Å². The van der Waals surface area contributed by atoms with Crippen LogP contribution >= 0.6 is 0 Å². The lowest BCUT2D eigenvalue weighted by molar-refractivity contribution is -0.0609. The van der Waals surface area contributed by atoms with Gasteiger partial charge < -0.3 is 4.74 Å². The maximum Gasteiger partial charge on any atom is 0.431 e. The first-order valence-electron chi connectivity index (χ1n) is 2.18. The van der Waals surface area contributed by atoms with Crippen molar-refractivity contribution in [3.63, 3.8) is 0 Å². The van der Waals surface area contributed by atoms with E-state index in [1.807, 2.05) is 0 Å². The first-order valence-corrected chi connectivity index (χ1v) is 2.18. The van der Waals surface area contributed by atoms with E-state index in [-0.39, 0.29) is 0 Å². The SMILES string of the molecule is FC(F)(F)C1=N[CH]OC1. The summed E-state index contributed by atoms with van der Waals surface area (Å²) in [4.78, 5) is 2.95. The summed E-state index contributed by atoms with van der Waals surface area (Å²) in [7, 11) is 0. The van der Waals surface area contributed by atoms with Gasteiger partial charge in [-0.15, -0.1) is 0 Å². The number of ether oxygens (including phenoxy) is 1. The van der Waals surface area contributed by atoms with Gasteiger partial charge in [0, 0.05) is 0 Å². The fourth-order valence-electron chi connectivity index (χ4n) is 0.409. The highest BCUT2D eigenvalue weighted by atomic mass is 19.4. The zero-order chi connectivity index (χ0) is 6.91. The Labute approximate surface area is 49.3 Å². The van der Waals surface area contributed by atoms with E-state index >= 15 is 0 Å². The molecule has 0 aliphatic carbocycles. The largest absolute Gasteiger partial charge is 0.431 e. The van der Waals surface area contributed by atoms with Crippen molar-refractivity contribution in [3.8, 4) is 0 Å². The molecular weight excluding hydrogens is 135 g/mol. The summed E-state index contributed by atoms with van der Waals surface area (Å²) in [6.07, 6.45) is -4.33. The zero-order valence-corrected chi connectivity index (χ0v) is 4.27. The lowest BCUT2D eigenvalue weighted by Crippen LogP contribution is -2.23. The predicted molar refractivity (Wildman–Crippen MR) is 23.7 cm³/mol. The highest BCUT2D eigenvalue weighted by Crippen LogP contribution is 2.20. The Morgan fingerprint density at radius 1 is 1.56 bits per heavy atom. The van der Waals surface area contributed by atoms with E-state index in [2.05, 4.69) is 9.73 Å². The summed E-state index contributed by atoms with van der Waals surface area (Å²) < 4.78 is 38.8. The van der Waals surface area contributed by atoms with Crippen LogP contribution in [0.4, 0.5) is 13.2 Å². The predicted octanol–water partition coefficient (Wildman–Crippen LogP) is 1.14. The fraction of sp³-hybridized carbons (Fsp3) is 0.500. The summed E-state index contributed by atoms with van der Waals surface area (Å²) >= 11 is 0. The van der Waals surface area contributed by atoms with Crippen molar-refractivity contribution < 1.29 is 17.9 Å². The van der Waals surface area contributed by atoms with Crippen LogP contribution in [0.1, 0.15) is 0 Å². The van der Waals surface area contributed by atoms with Crippen LogP contribution in [0, 0.1) is 6.73 Å². The lowest BCUT2D eigenvalue weighted by atomic mass is 10.4. The summed E-state index contributed by atoms with van der Waals surface area (Å²) in [6.45, 7) is 0.340. The molecule has 0 atom stereocenters. The van der Waals surface area contributed by atoms with E-state index < -0.39 is 18.5 Å². The topological polar surface area (TPSA) is 21.6 Å². The van der Waals surface area contributed by atoms with Crippen LogP contribution in [0.2, 0.25) is 0 Å². The molecule has 0 aromatic carbocycles. The van der Waals surface area contributed by atoms with Crippen molar-refractivity contribution in [1.82, 2.24) is 0 Å². The Morgan fingerprint density at radius 2 is 2.22 bits per heavy atom. The summed E-state index contributed by atoms with van der Waals surface area (Å²) in [5.41, 5.74) is -0.873. The Bertz CT molecular complexity index is 139. The van der Waals surface area contributed by atoms with Crippen molar-refractivity contribution >= 4 is 5.71 Å². The molecule has 51 valence electrons. The second-order valence-corrected chi connectivity index (χ2v) is 1.49. The molecule has 5 heteroatoms. The van der Waals surface area contributed by atoms with Gasteiger partial charge in [0.1, 0.15) is 5.71 Å². The molecule has 0 saturated heterocycles. The number of nitrogens with zero attached hydrogens (tertiary/aromatic N) is 1. The van der Waals surface area contributed by atoms with Gasteiger partial charge in [-0.3, -0.25) is 0 Å². The van der Waals surface area contributed by atoms with Crippen molar-refractivity contribution in [2.24, 2.45) is 4.99 Å². The van der Waals surface area contributed by atoms with Gasteiger partial charge in [-0.25, -0.2) is 4.99 Å². The molecule has 0 spiro atoms. The maximum atomic E-state index is 11.5. The monoisotopic (exact) mass is 138 g/mol. The fourth-order valence-corrected chi connectivity index (χ4v) is 0.409. The quantitative estimate of drug-likeness (QED) is 0.491. The van der Waals surface area contributed by atoms with Gasteiger partial charge in [-0.05, 0) is 0 Å². The second-order valence-electron chi connectivity index (χ2n) is 1.49. The average molecular weight is 138 g/mol. The van der Waals surface area contributed by atoms with Crippen LogP contribution in [0.3, 0.4) is 0 Å². The maximum absolute atomic E-state index is 11.5. The molecule has 0 amide bonds. The third-order valence-electron chi connectivity index (χ3n) is 0.830. The highest BCUT2D eigenvalue weighted by molar-refractivity contribution is 5.92. The van der Waals surface area contributed by atoms with Crippen LogP contribution in [-0.4, -0.2) is 18.5 Å². The number of hydrogen-bond acceptors (Lipinski definition) is 2. The average Bonchev–Trinajstić information content (AvgIpc) is 2.08. The Balaban J connectivity index is 2.61. The van der Waals surface area contributed by atoms with Crippen LogP contribution in [0.25, 0.3) is 0 Å². The number of alkyl halides is 3. The molecule has 0 aromatic heterocycles. The molecule has 2 nitrogen and oxygen atoms in total. The van der Waals surface area contributed by atoms with Crippen molar-refractivity contribution in [2.75, 3.05) is 6.61 Å². The van der Waals surface area contributed by atoms with Crippen LogP contribution < -0.4 is 0 Å². The first-order chi connectivity index (χ1) is 4.11. The molecule has 1 aliphatic heterocycles. The lowest BCUT2D eigenvalue weighted by Gasteiger charge is -2.01. The minimum absolute atomic E-state index is 0.455. The molecule has 0 saturated carbocycles. The van der Waals surface area contributed by atoms with Crippen LogP contribution in [-0.2, 0) is 4.74 Å². The number of rotatable bonds is 0. The van der Waals surface area contributed by atoms with Gasteiger partial charge in [0.05, 0.1) is 6.61 Å². The molecule has 0 aromatic rings. The summed E-state index contributed by atoms with van der Waals surface area (Å²) in [5, 5.41) is 0. The van der Waals surface area contributed by atoms with Gasteiger partial charge in [0.15, 0.2) is 6.73 Å². The van der Waals surface area contributed by atoms with Gasteiger partial charge in [0.2, 0.25) is 0 Å². The van der Waals surface area contributed by atoms with E-state index in [1.54, 1.807) is 0 Å². The van der Waals surface area contributed by atoms with Crippen LogP contribution in [0.5, 0.6) is 0 Å². The van der Waals surface area contributed by atoms with Crippen LogP contribution in [0.15, 0.2) is 4.99 Å². The van der Waals surface area contributed by atoms with Crippen molar-refractivity contribution in [1.29, 1.82) is 0 Å². The smallest absolute Gasteiger partial charge is 0.345 e. The molecule has 1 rings (SSSR count). The zero-order valence-electron chi connectivity index (χ0n) is 4.27. The summed E-state index contributed by atoms with van der Waals surface area (Å²) in [5.74, 6) is 0. The minimum atomic E-state index is -4.33. The van der Waals surface area contributed by atoms with E-state index in [0.29, 0.717) is 0 Å². The third kappa shape index (κ3) is 1.41. The molecule has 0 bridgehead atoms. The highest BCUT2D eigenvalue weighted by Gasteiger charge is 2.37. The first kappa shape index (κ1) is 6.54. The Hall–Kier alpha value is -0.580. The molecule has 0 N–H and O–H groups in total. The molecule has 9 heavy (non-hydrogen) atoms. The number of aliphatic imine (C=N–C) groups is 1. The molecular formula is C4H3F3NO. The van der Waals surface area contributed by atoms with Gasteiger partial charge in [-0.1, -0.05) is 0 Å². The Kier molecular flexibility index (Phi) is 1.44. The molecule has 0 unspecified atom stereocenters. The van der Waals surface area contributed by atoms with Crippen molar-refractivity contribution in [2.45, 2.75) is 6.18 Å². The third-order valence-corrected chi connectivity index (χ3v) is 0.830. The molecule has 1 aliphatic rings. The van der Waals surface area contributed by atoms with E-state index in [0.717, 1.165) is 6.73 Å². The Morgan fingerprint density at radius 3 is 2.44 bits per heavy atom. The van der Waals surface area contributed by atoms with Gasteiger partial charge in [-0.2, -0.15) is 13.2 Å². The molecule has 1 heterocycles. The second kappa shape index (κ2) is 1.98. The van der Waals surface area contributed by atoms with Gasteiger partial charge >= 0.3 is 6.18 Å². The van der Waals surface area contributed by atoms with Gasteiger partial charge in [0.25, 0.3) is 0 Å². The van der Waals surface area contributed by atoms with E-state index in [9.17, 15) is 13.2 Å².